The highest BCUT2D eigenvalue weighted by Crippen LogP contribution is 1.80. The van der Waals surface area contributed by atoms with E-state index in [9.17, 15) is 0 Å². The second-order valence-corrected chi connectivity index (χ2v) is 1.05. The molecule has 0 amide bonds. The minimum Gasteiger partial charge on any atom is -0.208 e. The van der Waals surface area contributed by atoms with Crippen LogP contribution in [0.3, 0.4) is 0 Å². The fourth-order valence-corrected chi connectivity index (χ4v) is 0.315. The summed E-state index contributed by atoms with van der Waals surface area (Å²) in [5.74, 6) is 0. The van der Waals surface area contributed by atoms with Crippen LogP contribution in [-0.2, 0) is 0 Å². The summed E-state index contributed by atoms with van der Waals surface area (Å²) in [4.78, 5) is 6.01. The van der Waals surface area contributed by atoms with Gasteiger partial charge in [-0.3, -0.25) is 0 Å². The molecule has 0 unspecified atom stereocenters. The number of nitrogens with zero attached hydrogens (tertiary/aromatic N) is 5. The summed E-state index contributed by atoms with van der Waals surface area (Å²) in [5.41, 5.74) is 7.83. The second kappa shape index (κ2) is 1.99. The Morgan fingerprint density at radius 1 is 1.88 bits per heavy atom. The smallest absolute Gasteiger partial charge is 0.208 e. The van der Waals surface area contributed by atoms with Crippen molar-refractivity contribution in [3.63, 3.8) is 0 Å². The number of azide groups is 1. The van der Waals surface area contributed by atoms with Gasteiger partial charge in [0.1, 0.15) is 6.20 Å². The molecule has 0 spiro atoms. The molecular weight excluding hydrogens is 106 g/mol. The highest BCUT2D eigenvalue weighted by Gasteiger charge is 1.83. The fraction of sp³-hybridized carbons (Fsp3) is 0. The lowest BCUT2D eigenvalue weighted by molar-refractivity contribution is 0.850. The molecule has 1 heterocycles. The van der Waals surface area contributed by atoms with Crippen LogP contribution in [0.4, 0.5) is 0 Å². The van der Waals surface area contributed by atoms with Crippen LogP contribution in [0.1, 0.15) is 0 Å². The van der Waals surface area contributed by atoms with Gasteiger partial charge in [-0.05, 0) is 5.22 Å². The van der Waals surface area contributed by atoms with Crippen molar-refractivity contribution in [1.82, 2.24) is 9.66 Å². The topological polar surface area (TPSA) is 66.6 Å². The first-order chi connectivity index (χ1) is 3.93. The van der Waals surface area contributed by atoms with Crippen LogP contribution in [0.15, 0.2) is 17.6 Å². The van der Waals surface area contributed by atoms with Gasteiger partial charge < -0.3 is 0 Å². The van der Waals surface area contributed by atoms with E-state index < -0.39 is 0 Å². The standard InChI is InChI=1S/C3H2N5/c4-6-7-8-2-1-5-3-8/h1-2H. The third-order valence-corrected chi connectivity index (χ3v) is 0.579. The largest absolute Gasteiger partial charge is 0.298 e. The highest BCUT2D eigenvalue weighted by molar-refractivity contribution is 4.70. The normalized spacial score (nSPS) is 8.00. The van der Waals surface area contributed by atoms with Crippen molar-refractivity contribution >= 4 is 0 Å². The quantitative estimate of drug-likeness (QED) is 0.297. The fourth-order valence-electron chi connectivity index (χ4n) is 0.315. The van der Waals surface area contributed by atoms with Crippen molar-refractivity contribution in [3.05, 3.63) is 29.2 Å². The zero-order valence-corrected chi connectivity index (χ0v) is 3.89. The zero-order valence-electron chi connectivity index (χ0n) is 3.89. The van der Waals surface area contributed by atoms with E-state index in [1.54, 1.807) is 0 Å². The average Bonchev–Trinajstić information content (AvgIpc) is 2.19. The van der Waals surface area contributed by atoms with Crippen molar-refractivity contribution in [2.24, 2.45) is 5.22 Å². The number of imidazole rings is 1. The van der Waals surface area contributed by atoms with E-state index >= 15 is 0 Å². The Bertz CT molecular complexity index is 193. The summed E-state index contributed by atoms with van der Waals surface area (Å²) in [6.07, 6.45) is 5.36. The molecule has 0 aliphatic rings. The van der Waals surface area contributed by atoms with Gasteiger partial charge in [0.05, 0.1) is 6.20 Å². The van der Waals surface area contributed by atoms with Crippen molar-refractivity contribution in [2.75, 3.05) is 0 Å². The lowest BCUT2D eigenvalue weighted by Gasteiger charge is -1.72. The van der Waals surface area contributed by atoms with Crippen LogP contribution < -0.4 is 0 Å². The van der Waals surface area contributed by atoms with Gasteiger partial charge in [-0.15, -0.1) is 5.53 Å². The maximum Gasteiger partial charge on any atom is 0.298 e. The van der Waals surface area contributed by atoms with E-state index in [-0.39, 0.29) is 0 Å². The molecule has 0 fully saturated rings. The van der Waals surface area contributed by atoms with E-state index in [4.69, 9.17) is 5.53 Å². The second-order valence-electron chi connectivity index (χ2n) is 1.05. The number of aromatic nitrogens is 2. The molecule has 5 nitrogen and oxygen atoms in total. The van der Waals surface area contributed by atoms with E-state index in [1.807, 2.05) is 0 Å². The van der Waals surface area contributed by atoms with Gasteiger partial charge in [-0.25, -0.2) is 4.98 Å². The van der Waals surface area contributed by atoms with Gasteiger partial charge in [-0.1, -0.05) is 0 Å². The van der Waals surface area contributed by atoms with Crippen molar-refractivity contribution in [1.29, 1.82) is 0 Å². The zero-order chi connectivity index (χ0) is 5.82. The van der Waals surface area contributed by atoms with Crippen LogP contribution >= 0.6 is 0 Å². The summed E-state index contributed by atoms with van der Waals surface area (Å²) in [7, 11) is 0. The Labute approximate surface area is 45.2 Å². The first-order valence-corrected chi connectivity index (χ1v) is 1.90. The molecule has 0 atom stereocenters. The third-order valence-electron chi connectivity index (χ3n) is 0.579. The minimum absolute atomic E-state index is 1.15. The van der Waals surface area contributed by atoms with Gasteiger partial charge in [0.25, 0.3) is 6.33 Å². The number of hydrogen-bond donors (Lipinski definition) is 0. The van der Waals surface area contributed by atoms with E-state index in [0.29, 0.717) is 0 Å². The molecule has 1 aromatic heterocycles. The van der Waals surface area contributed by atoms with Crippen molar-refractivity contribution in [3.8, 4) is 0 Å². The molecule has 0 N–H and O–H groups in total. The lowest BCUT2D eigenvalue weighted by atomic mass is 11.0. The maximum absolute atomic E-state index is 7.83. The molecule has 0 saturated heterocycles. The summed E-state index contributed by atoms with van der Waals surface area (Å²) in [5, 5.41) is 3.15. The average molecular weight is 108 g/mol. The van der Waals surface area contributed by atoms with Crippen LogP contribution in [0.2, 0.25) is 0 Å². The molecule has 0 aromatic carbocycles. The summed E-state index contributed by atoms with van der Waals surface area (Å²) in [6.45, 7) is 0. The Kier molecular flexibility index (Phi) is 1.16. The summed E-state index contributed by atoms with van der Waals surface area (Å²) < 4.78 is 1.15. The van der Waals surface area contributed by atoms with Gasteiger partial charge >= 0.3 is 0 Å². The Morgan fingerprint density at radius 2 is 2.75 bits per heavy atom. The molecule has 0 bridgehead atoms. The first-order valence-electron chi connectivity index (χ1n) is 1.90. The van der Waals surface area contributed by atoms with Crippen molar-refractivity contribution in [2.45, 2.75) is 0 Å². The summed E-state index contributed by atoms with van der Waals surface area (Å²) >= 11 is 0. The molecule has 5 heteroatoms. The SMILES string of the molecule is [N-]=[N+]=Nn1[c]ncc1. The van der Waals surface area contributed by atoms with E-state index in [2.05, 4.69) is 21.4 Å². The molecule has 1 radical (unpaired) electrons. The maximum atomic E-state index is 7.83. The van der Waals surface area contributed by atoms with Gasteiger partial charge in [0.15, 0.2) is 0 Å². The molecule has 0 aliphatic carbocycles. The highest BCUT2D eigenvalue weighted by atomic mass is 15.5. The van der Waals surface area contributed by atoms with Crippen LogP contribution in [-0.4, -0.2) is 9.66 Å². The van der Waals surface area contributed by atoms with E-state index in [0.717, 1.165) is 4.68 Å². The summed E-state index contributed by atoms with van der Waals surface area (Å²) in [6, 6.07) is 0. The molecular formula is C3H2N5. The minimum atomic E-state index is 1.15. The molecule has 1 aromatic rings. The Hall–Kier alpha value is -1.48. The van der Waals surface area contributed by atoms with Gasteiger partial charge in [0.2, 0.25) is 0 Å². The van der Waals surface area contributed by atoms with Gasteiger partial charge in [0, 0.05) is 0 Å². The van der Waals surface area contributed by atoms with Gasteiger partial charge in [-0.2, -0.15) is 9.59 Å². The molecule has 0 aliphatic heterocycles. The molecule has 1 rings (SSSR count). The molecule has 8 heavy (non-hydrogen) atoms. The van der Waals surface area contributed by atoms with Crippen LogP contribution in [0, 0.1) is 6.33 Å². The first kappa shape index (κ1) is 4.67. The predicted molar refractivity (Wildman–Crippen MR) is 25.6 cm³/mol. The number of rotatable bonds is 1. The lowest BCUT2D eigenvalue weighted by Crippen LogP contribution is -1.76. The van der Waals surface area contributed by atoms with E-state index in [1.165, 1.54) is 12.4 Å². The molecule has 0 saturated carbocycles. The predicted octanol–water partition coefficient (Wildman–Crippen LogP) is 0.757. The monoisotopic (exact) mass is 108 g/mol. The third kappa shape index (κ3) is 0.772. The van der Waals surface area contributed by atoms with Crippen LogP contribution in [0.25, 0.3) is 10.4 Å². The Balaban J connectivity index is 2.93. The van der Waals surface area contributed by atoms with Crippen LogP contribution in [0.5, 0.6) is 0 Å². The van der Waals surface area contributed by atoms with Crippen molar-refractivity contribution < 1.29 is 0 Å². The number of hydrogen-bond acceptors (Lipinski definition) is 2. The molecule has 39 valence electrons. The Morgan fingerprint density at radius 3 is 3.25 bits per heavy atom.